The second-order valence-corrected chi connectivity index (χ2v) is 7.77. The Hall–Kier alpha value is -2.23. The van der Waals surface area contributed by atoms with Crippen molar-refractivity contribution in [3.63, 3.8) is 0 Å². The molecule has 0 bridgehead atoms. The molecule has 3 rings (SSSR count). The Balaban J connectivity index is 1.51. The minimum absolute atomic E-state index is 0.257. The summed E-state index contributed by atoms with van der Waals surface area (Å²) in [6.45, 7) is 5.57. The van der Waals surface area contributed by atoms with Crippen LogP contribution in [0.4, 0.5) is 11.6 Å². The number of ether oxygens (including phenoxy) is 1. The number of morpholine rings is 1. The lowest BCUT2D eigenvalue weighted by Gasteiger charge is -2.27. The van der Waals surface area contributed by atoms with Crippen LogP contribution in [0.2, 0.25) is 0 Å². The first-order chi connectivity index (χ1) is 12.5. The zero-order valence-corrected chi connectivity index (χ0v) is 15.5. The van der Waals surface area contributed by atoms with E-state index in [0.717, 1.165) is 24.5 Å². The van der Waals surface area contributed by atoms with Gasteiger partial charge >= 0.3 is 0 Å². The third-order valence-corrected chi connectivity index (χ3v) is 5.52. The second-order valence-electron chi connectivity index (χ2n) is 6.00. The molecule has 1 aromatic heterocycles. The fraction of sp³-hybridized carbons (Fsp3) is 0.412. The first-order valence-electron chi connectivity index (χ1n) is 8.49. The molecule has 2 aromatic rings. The molecule has 9 heteroatoms. The molecule has 1 saturated heterocycles. The Kier molecular flexibility index (Phi) is 6.02. The molecule has 0 unspecified atom stereocenters. The van der Waals surface area contributed by atoms with Crippen molar-refractivity contribution in [2.45, 2.75) is 11.8 Å². The van der Waals surface area contributed by atoms with Gasteiger partial charge in [-0.2, -0.15) is 0 Å². The van der Waals surface area contributed by atoms with Gasteiger partial charge in [0.05, 0.1) is 18.1 Å². The maximum atomic E-state index is 12.2. The molecule has 140 valence electrons. The number of benzene rings is 1. The maximum absolute atomic E-state index is 12.2. The van der Waals surface area contributed by atoms with Gasteiger partial charge in [0.15, 0.2) is 0 Å². The molecule has 1 aromatic carbocycles. The number of nitrogens with zero attached hydrogens (tertiary/aromatic N) is 3. The van der Waals surface area contributed by atoms with E-state index in [4.69, 9.17) is 4.74 Å². The average Bonchev–Trinajstić information content (AvgIpc) is 2.67. The normalized spacial score (nSPS) is 15.0. The zero-order chi connectivity index (χ0) is 18.4. The number of anilines is 2. The van der Waals surface area contributed by atoms with Crippen LogP contribution >= 0.6 is 0 Å². The summed E-state index contributed by atoms with van der Waals surface area (Å²) in [5, 5.41) is 3.12. The van der Waals surface area contributed by atoms with Crippen LogP contribution in [-0.4, -0.2) is 57.8 Å². The summed E-state index contributed by atoms with van der Waals surface area (Å²) in [5.74, 6) is 1.50. The Bertz CT molecular complexity index is 821. The van der Waals surface area contributed by atoms with E-state index in [1.165, 1.54) is 6.33 Å². The highest BCUT2D eigenvalue weighted by atomic mass is 32.2. The van der Waals surface area contributed by atoms with E-state index in [1.54, 1.807) is 24.3 Å². The van der Waals surface area contributed by atoms with Gasteiger partial charge in [-0.3, -0.25) is 0 Å². The number of hydrogen-bond donors (Lipinski definition) is 2. The van der Waals surface area contributed by atoms with Crippen molar-refractivity contribution in [1.29, 1.82) is 0 Å². The SMILES string of the molecule is Cc1ccc(S(=O)(=O)NCCNc2cc(N3CCOCC3)ncn2)cc1. The molecular formula is C17H23N5O3S. The summed E-state index contributed by atoms with van der Waals surface area (Å²) in [5.41, 5.74) is 1.02. The molecule has 0 spiro atoms. The Morgan fingerprint density at radius 2 is 1.85 bits per heavy atom. The highest BCUT2D eigenvalue weighted by molar-refractivity contribution is 7.89. The molecule has 0 saturated carbocycles. The van der Waals surface area contributed by atoms with Gasteiger partial charge in [0, 0.05) is 32.2 Å². The van der Waals surface area contributed by atoms with Gasteiger partial charge in [0.25, 0.3) is 0 Å². The number of hydrogen-bond acceptors (Lipinski definition) is 7. The van der Waals surface area contributed by atoms with Crippen LogP contribution in [0.5, 0.6) is 0 Å². The van der Waals surface area contributed by atoms with E-state index in [9.17, 15) is 8.42 Å². The maximum Gasteiger partial charge on any atom is 0.240 e. The predicted molar refractivity (Wildman–Crippen MR) is 99.9 cm³/mol. The van der Waals surface area contributed by atoms with Crippen molar-refractivity contribution < 1.29 is 13.2 Å². The Morgan fingerprint density at radius 1 is 1.12 bits per heavy atom. The highest BCUT2D eigenvalue weighted by Gasteiger charge is 2.14. The summed E-state index contributed by atoms with van der Waals surface area (Å²) in [6.07, 6.45) is 1.50. The van der Waals surface area contributed by atoms with E-state index in [1.807, 2.05) is 13.0 Å². The number of aromatic nitrogens is 2. The fourth-order valence-electron chi connectivity index (χ4n) is 2.59. The van der Waals surface area contributed by atoms with Crippen LogP contribution in [0.15, 0.2) is 41.6 Å². The third-order valence-electron chi connectivity index (χ3n) is 4.04. The van der Waals surface area contributed by atoms with Gasteiger partial charge in [-0.05, 0) is 19.1 Å². The van der Waals surface area contributed by atoms with Crippen molar-refractivity contribution in [2.75, 3.05) is 49.6 Å². The van der Waals surface area contributed by atoms with Crippen LogP contribution < -0.4 is 14.9 Å². The molecule has 0 amide bonds. The van der Waals surface area contributed by atoms with Crippen molar-refractivity contribution in [1.82, 2.24) is 14.7 Å². The van der Waals surface area contributed by atoms with Crippen LogP contribution in [0.3, 0.4) is 0 Å². The van der Waals surface area contributed by atoms with Crippen molar-refractivity contribution in [2.24, 2.45) is 0 Å². The third kappa shape index (κ3) is 4.90. The lowest BCUT2D eigenvalue weighted by atomic mass is 10.2. The topological polar surface area (TPSA) is 96.5 Å². The number of rotatable bonds is 7. The summed E-state index contributed by atoms with van der Waals surface area (Å²) < 4.78 is 32.4. The molecule has 26 heavy (non-hydrogen) atoms. The van der Waals surface area contributed by atoms with Gasteiger partial charge in [-0.1, -0.05) is 17.7 Å². The van der Waals surface area contributed by atoms with E-state index < -0.39 is 10.0 Å². The van der Waals surface area contributed by atoms with Crippen LogP contribution in [0.25, 0.3) is 0 Å². The first kappa shape index (κ1) is 18.6. The molecule has 2 N–H and O–H groups in total. The minimum Gasteiger partial charge on any atom is -0.378 e. The molecular weight excluding hydrogens is 354 g/mol. The monoisotopic (exact) mass is 377 g/mol. The van der Waals surface area contributed by atoms with Crippen molar-refractivity contribution in [3.8, 4) is 0 Å². The molecule has 1 aliphatic rings. The second kappa shape index (κ2) is 8.43. The molecule has 0 radical (unpaired) electrons. The van der Waals surface area contributed by atoms with Gasteiger partial charge in [-0.15, -0.1) is 0 Å². The number of nitrogens with one attached hydrogen (secondary N) is 2. The molecule has 2 heterocycles. The van der Waals surface area contributed by atoms with Gasteiger partial charge < -0.3 is 15.0 Å². The standard InChI is InChI=1S/C17H23N5O3S/c1-14-2-4-15(5-3-14)26(23,24)21-7-6-18-16-12-17(20-13-19-16)22-8-10-25-11-9-22/h2-5,12-13,21H,6-11H2,1H3,(H,18,19,20). The van der Waals surface area contributed by atoms with Crippen molar-refractivity contribution in [3.05, 3.63) is 42.2 Å². The number of aryl methyl sites for hydroxylation is 1. The molecule has 1 fully saturated rings. The van der Waals surface area contributed by atoms with E-state index in [0.29, 0.717) is 25.6 Å². The van der Waals surface area contributed by atoms with Crippen LogP contribution in [0, 0.1) is 6.92 Å². The Labute approximate surface area is 153 Å². The average molecular weight is 377 g/mol. The number of sulfonamides is 1. The van der Waals surface area contributed by atoms with Crippen molar-refractivity contribution >= 4 is 21.7 Å². The fourth-order valence-corrected chi connectivity index (χ4v) is 3.62. The quantitative estimate of drug-likeness (QED) is 0.695. The predicted octanol–water partition coefficient (Wildman–Crippen LogP) is 1.01. The highest BCUT2D eigenvalue weighted by Crippen LogP contribution is 2.15. The molecule has 8 nitrogen and oxygen atoms in total. The summed E-state index contributed by atoms with van der Waals surface area (Å²) in [4.78, 5) is 10.9. The van der Waals surface area contributed by atoms with E-state index in [2.05, 4.69) is 24.9 Å². The summed E-state index contributed by atoms with van der Waals surface area (Å²) >= 11 is 0. The van der Waals surface area contributed by atoms with Crippen LogP contribution in [0.1, 0.15) is 5.56 Å². The first-order valence-corrected chi connectivity index (χ1v) is 9.98. The molecule has 0 atom stereocenters. The largest absolute Gasteiger partial charge is 0.378 e. The zero-order valence-electron chi connectivity index (χ0n) is 14.7. The van der Waals surface area contributed by atoms with E-state index in [-0.39, 0.29) is 11.4 Å². The summed E-state index contributed by atoms with van der Waals surface area (Å²) in [6, 6.07) is 8.62. The minimum atomic E-state index is -3.50. The molecule has 1 aliphatic heterocycles. The molecule has 0 aliphatic carbocycles. The summed E-state index contributed by atoms with van der Waals surface area (Å²) in [7, 11) is -3.50. The lowest BCUT2D eigenvalue weighted by Crippen LogP contribution is -2.36. The Morgan fingerprint density at radius 3 is 2.58 bits per heavy atom. The van der Waals surface area contributed by atoms with E-state index >= 15 is 0 Å². The van der Waals surface area contributed by atoms with Gasteiger partial charge in [0.2, 0.25) is 10.0 Å². The lowest BCUT2D eigenvalue weighted by molar-refractivity contribution is 0.122. The smallest absolute Gasteiger partial charge is 0.240 e. The van der Waals surface area contributed by atoms with Gasteiger partial charge in [0.1, 0.15) is 18.0 Å². The van der Waals surface area contributed by atoms with Gasteiger partial charge in [-0.25, -0.2) is 23.1 Å². The van der Waals surface area contributed by atoms with Crippen LogP contribution in [-0.2, 0) is 14.8 Å².